The molecular weight excluding hydrogens is 779 g/mol. The highest BCUT2D eigenvalue weighted by Gasteiger charge is 2.68. The average Bonchev–Trinajstić information content (AvgIpc) is 3.83. The average molecular weight is 824 g/mol. The SMILES string of the molecule is Cc1cc(-n2c3[n+]4c5c(cccc52)-c2cc(-c5ccccc5)cc5c2C4(Oc2ccccc2-3)[n+]2ccc(-c3ccccc3)cc2-5)c(-c2ccc(C(C)(C)C)cc2)cc1-c1ccccc1. The number of fused-ring (bicyclic) bond motifs is 5. The van der Waals surface area contributed by atoms with Gasteiger partial charge in [0.25, 0.3) is 0 Å². The van der Waals surface area contributed by atoms with Crippen LogP contribution in [0, 0.1) is 6.92 Å². The van der Waals surface area contributed by atoms with Crippen molar-refractivity contribution in [1.29, 1.82) is 0 Å². The Morgan fingerprint density at radius 3 is 1.83 bits per heavy atom. The zero-order chi connectivity index (χ0) is 42.9. The summed E-state index contributed by atoms with van der Waals surface area (Å²) in [5.41, 5.74) is 22.3. The second-order valence-corrected chi connectivity index (χ2v) is 18.6. The lowest BCUT2D eigenvalue weighted by atomic mass is 9.85. The number of imidazole rings is 1. The van der Waals surface area contributed by atoms with Crippen LogP contribution in [0.4, 0.5) is 0 Å². The van der Waals surface area contributed by atoms with Crippen LogP contribution in [-0.4, -0.2) is 4.57 Å². The van der Waals surface area contributed by atoms with Crippen LogP contribution in [-0.2, 0) is 11.3 Å². The van der Waals surface area contributed by atoms with Crippen LogP contribution in [0.5, 0.6) is 5.75 Å². The van der Waals surface area contributed by atoms with Crippen molar-refractivity contribution in [2.75, 3.05) is 0 Å². The fourth-order valence-corrected chi connectivity index (χ4v) is 10.8. The third-order valence-corrected chi connectivity index (χ3v) is 13.8. The number of para-hydroxylation sites is 2. The molecule has 0 bridgehead atoms. The van der Waals surface area contributed by atoms with Crippen LogP contribution in [0.2, 0.25) is 0 Å². The second-order valence-electron chi connectivity index (χ2n) is 18.6. The van der Waals surface area contributed by atoms with Crippen LogP contribution < -0.4 is 13.9 Å². The lowest BCUT2D eigenvalue weighted by Crippen LogP contribution is -2.78. The van der Waals surface area contributed by atoms with Crippen LogP contribution in [0.15, 0.2) is 200 Å². The minimum atomic E-state index is -1.06. The van der Waals surface area contributed by atoms with Gasteiger partial charge in [-0.15, -0.1) is 9.13 Å². The summed E-state index contributed by atoms with van der Waals surface area (Å²) in [6.45, 7) is 9.10. The molecule has 3 aliphatic heterocycles. The maximum atomic E-state index is 7.72. The molecule has 8 aromatic carbocycles. The molecule has 1 unspecified atom stereocenters. The van der Waals surface area contributed by atoms with E-state index in [1.807, 2.05) is 0 Å². The van der Waals surface area contributed by atoms with E-state index < -0.39 is 5.85 Å². The summed E-state index contributed by atoms with van der Waals surface area (Å²) in [6.07, 6.45) is 2.26. The van der Waals surface area contributed by atoms with Gasteiger partial charge in [0.2, 0.25) is 5.69 Å². The van der Waals surface area contributed by atoms with Crippen LogP contribution in [0.3, 0.4) is 0 Å². The highest BCUT2D eigenvalue weighted by atomic mass is 16.5. The van der Waals surface area contributed by atoms with Gasteiger partial charge in [0, 0.05) is 28.8 Å². The largest absolute Gasteiger partial charge is 0.499 e. The second kappa shape index (κ2) is 13.3. The number of hydrogen-bond acceptors (Lipinski definition) is 1. The van der Waals surface area contributed by atoms with Crippen molar-refractivity contribution in [3.8, 4) is 89.7 Å². The number of ether oxygens (including phenoxy) is 1. The quantitative estimate of drug-likeness (QED) is 0.159. The van der Waals surface area contributed by atoms with Crippen molar-refractivity contribution in [2.45, 2.75) is 39.0 Å². The van der Waals surface area contributed by atoms with Crippen molar-refractivity contribution in [2.24, 2.45) is 0 Å². The van der Waals surface area contributed by atoms with E-state index >= 15 is 0 Å². The number of hydrogen-bond donors (Lipinski definition) is 0. The fourth-order valence-electron chi connectivity index (χ4n) is 10.8. The normalized spacial score (nSPS) is 15.1. The van der Waals surface area contributed by atoms with Crippen LogP contribution >= 0.6 is 0 Å². The molecule has 2 aromatic heterocycles. The maximum absolute atomic E-state index is 7.72. The van der Waals surface area contributed by atoms with E-state index in [4.69, 9.17) is 4.74 Å². The number of aryl methyl sites for hydroxylation is 1. The van der Waals surface area contributed by atoms with Gasteiger partial charge in [0.15, 0.2) is 17.2 Å². The summed E-state index contributed by atoms with van der Waals surface area (Å²) in [4.78, 5) is 0. The van der Waals surface area contributed by atoms with Gasteiger partial charge in [-0.3, -0.25) is 0 Å². The van der Waals surface area contributed by atoms with Gasteiger partial charge in [0.05, 0.1) is 5.56 Å². The van der Waals surface area contributed by atoms with E-state index in [0.717, 1.165) is 45.1 Å². The Morgan fingerprint density at radius 1 is 0.484 bits per heavy atom. The molecule has 0 saturated carbocycles. The number of benzene rings is 8. The molecular formula is C60H45N3O+2. The monoisotopic (exact) mass is 823 g/mol. The summed E-state index contributed by atoms with van der Waals surface area (Å²) in [5, 5.41) is 0. The van der Waals surface area contributed by atoms with E-state index in [0.29, 0.717) is 0 Å². The molecule has 0 N–H and O–H groups in total. The van der Waals surface area contributed by atoms with Gasteiger partial charge in [-0.25, -0.2) is 0 Å². The van der Waals surface area contributed by atoms with E-state index in [1.54, 1.807) is 0 Å². The molecule has 0 radical (unpaired) electrons. The Balaban J connectivity index is 1.18. The Labute approximate surface area is 373 Å². The number of nitrogens with zero attached hydrogens (tertiary/aromatic N) is 3. The molecule has 4 heteroatoms. The lowest BCUT2D eigenvalue weighted by Gasteiger charge is -2.32. The topological polar surface area (TPSA) is 21.9 Å². The van der Waals surface area contributed by atoms with Crippen LogP contribution in [0.25, 0.3) is 95.0 Å². The summed E-state index contributed by atoms with van der Waals surface area (Å²) in [7, 11) is 0. The molecule has 4 nitrogen and oxygen atoms in total. The predicted molar refractivity (Wildman–Crippen MR) is 258 cm³/mol. The molecule has 64 heavy (non-hydrogen) atoms. The minimum absolute atomic E-state index is 0.0329. The van der Waals surface area contributed by atoms with Crippen molar-refractivity contribution in [3.05, 3.63) is 217 Å². The molecule has 0 saturated heterocycles. The van der Waals surface area contributed by atoms with Crippen LogP contribution in [0.1, 0.15) is 37.5 Å². The van der Waals surface area contributed by atoms with E-state index in [2.05, 4.69) is 242 Å². The molecule has 3 aliphatic rings. The van der Waals surface area contributed by atoms with Crippen molar-refractivity contribution >= 4 is 11.0 Å². The number of pyridine rings is 1. The Hall–Kier alpha value is -7.82. The van der Waals surface area contributed by atoms with Gasteiger partial charge >= 0.3 is 11.7 Å². The molecule has 0 fully saturated rings. The van der Waals surface area contributed by atoms with Crippen molar-refractivity contribution in [3.63, 3.8) is 0 Å². The minimum Gasteiger partial charge on any atom is -0.392 e. The first-order chi connectivity index (χ1) is 31.3. The highest BCUT2D eigenvalue weighted by Crippen LogP contribution is 2.54. The first-order valence-electron chi connectivity index (χ1n) is 22.3. The highest BCUT2D eigenvalue weighted by molar-refractivity contribution is 6.00. The zero-order valence-electron chi connectivity index (χ0n) is 36.3. The number of rotatable bonds is 5. The standard InChI is InChI=1S/C60H45N3O/c1-38-33-54(49(37-48(38)41-21-12-7-13-22-41)42-27-29-45(30-28-42)59(2,3)4)62-52-25-16-24-46-50-34-44(40-19-10-6-11-20-40)35-51-53-36-43(39-17-8-5-9-18-39)31-32-61(53)60(56(50)51)63(57(46)52)58(62)47-23-14-15-26-55(47)64-60/h5-37H,1-4H3/q+2. The molecule has 13 rings (SSSR count). The van der Waals surface area contributed by atoms with Crippen molar-refractivity contribution in [1.82, 2.24) is 4.57 Å². The van der Waals surface area contributed by atoms with Gasteiger partial charge in [-0.05, 0) is 111 Å². The third kappa shape index (κ3) is 5.11. The van der Waals surface area contributed by atoms with E-state index in [-0.39, 0.29) is 5.41 Å². The predicted octanol–water partition coefficient (Wildman–Crippen LogP) is 13.7. The Kier molecular flexibility index (Phi) is 7.67. The summed E-state index contributed by atoms with van der Waals surface area (Å²) >= 11 is 0. The lowest BCUT2D eigenvalue weighted by molar-refractivity contribution is -0.997. The smallest absolute Gasteiger partial charge is 0.392 e. The van der Waals surface area contributed by atoms with E-state index in [1.165, 1.54) is 72.3 Å². The third-order valence-electron chi connectivity index (χ3n) is 13.8. The molecule has 5 heterocycles. The molecule has 1 spiro atoms. The summed E-state index contributed by atoms with van der Waals surface area (Å²) < 4.78 is 15.2. The summed E-state index contributed by atoms with van der Waals surface area (Å²) in [6, 6.07) is 71.3. The Bertz CT molecular complexity index is 3540. The van der Waals surface area contributed by atoms with Gasteiger partial charge < -0.3 is 4.74 Å². The first kappa shape index (κ1) is 36.8. The van der Waals surface area contributed by atoms with Crippen molar-refractivity contribution < 1.29 is 13.9 Å². The molecule has 1 atom stereocenters. The first-order valence-corrected chi connectivity index (χ1v) is 22.3. The molecule has 10 aromatic rings. The Morgan fingerprint density at radius 2 is 1.11 bits per heavy atom. The van der Waals surface area contributed by atoms with Gasteiger partial charge in [-0.2, -0.15) is 4.57 Å². The number of aromatic nitrogens is 3. The molecule has 304 valence electrons. The van der Waals surface area contributed by atoms with Gasteiger partial charge in [0.1, 0.15) is 22.6 Å². The molecule has 0 aliphatic carbocycles. The van der Waals surface area contributed by atoms with E-state index in [9.17, 15) is 0 Å². The zero-order valence-corrected chi connectivity index (χ0v) is 36.3. The maximum Gasteiger partial charge on any atom is 0.499 e. The molecule has 0 amide bonds. The fraction of sp³-hybridized carbons (Fsp3) is 0.100. The van der Waals surface area contributed by atoms with Gasteiger partial charge in [-0.1, -0.05) is 154 Å². The summed E-state index contributed by atoms with van der Waals surface area (Å²) in [5.74, 6) is 0.875.